The summed E-state index contributed by atoms with van der Waals surface area (Å²) < 4.78 is 1.36. The number of piperidine rings is 1. The summed E-state index contributed by atoms with van der Waals surface area (Å²) in [5.74, 6) is -1.08. The second kappa shape index (κ2) is 7.69. The molecule has 0 N–H and O–H groups in total. The Balaban J connectivity index is 0.000000423. The molecule has 1 heterocycles. The first-order chi connectivity index (χ1) is 7.00. The Labute approximate surface area is 93.7 Å². The number of aliphatic carboxylic acids is 1. The summed E-state index contributed by atoms with van der Waals surface area (Å²) >= 11 is 0. The van der Waals surface area contributed by atoms with Gasteiger partial charge in [-0.3, -0.25) is 0 Å². The number of carboxylic acids is 1. The predicted molar refractivity (Wildman–Crippen MR) is 60.2 cm³/mol. The van der Waals surface area contributed by atoms with Crippen molar-refractivity contribution in [3.63, 3.8) is 0 Å². The molecule has 0 amide bonds. The van der Waals surface area contributed by atoms with Crippen LogP contribution < -0.4 is 5.11 Å². The number of hydrogen-bond donors (Lipinski definition) is 0. The van der Waals surface area contributed by atoms with Gasteiger partial charge in [-0.25, -0.2) is 0 Å². The fourth-order valence-electron chi connectivity index (χ4n) is 2.04. The summed E-state index contributed by atoms with van der Waals surface area (Å²) in [6, 6.07) is 0. The number of quaternary nitrogens is 1. The van der Waals surface area contributed by atoms with Gasteiger partial charge in [-0.2, -0.15) is 0 Å². The van der Waals surface area contributed by atoms with Crippen molar-refractivity contribution in [2.24, 2.45) is 0 Å². The SMILES string of the molecule is CC(=O)[O-].CCCC[N+]1(C)CCCCC1. The molecular weight excluding hydrogens is 190 g/mol. The quantitative estimate of drug-likeness (QED) is 0.663. The molecule has 1 aliphatic heterocycles. The van der Waals surface area contributed by atoms with E-state index < -0.39 is 5.97 Å². The van der Waals surface area contributed by atoms with Crippen molar-refractivity contribution in [3.05, 3.63) is 0 Å². The average Bonchev–Trinajstić information content (AvgIpc) is 2.15. The maximum absolute atomic E-state index is 8.89. The van der Waals surface area contributed by atoms with Crippen LogP contribution in [0.4, 0.5) is 0 Å². The molecule has 0 unspecified atom stereocenters. The molecule has 0 spiro atoms. The minimum atomic E-state index is -1.08. The molecule has 0 bridgehead atoms. The molecule has 0 aromatic carbocycles. The molecule has 0 aromatic rings. The van der Waals surface area contributed by atoms with Crippen molar-refractivity contribution in [2.45, 2.75) is 46.0 Å². The van der Waals surface area contributed by atoms with Gasteiger partial charge in [-0.15, -0.1) is 0 Å². The lowest BCUT2D eigenvalue weighted by Gasteiger charge is -2.37. The van der Waals surface area contributed by atoms with E-state index in [1.54, 1.807) is 0 Å². The van der Waals surface area contributed by atoms with E-state index in [4.69, 9.17) is 9.90 Å². The zero-order valence-corrected chi connectivity index (χ0v) is 10.4. The van der Waals surface area contributed by atoms with Crippen molar-refractivity contribution in [1.82, 2.24) is 0 Å². The lowest BCUT2D eigenvalue weighted by atomic mass is 10.1. The standard InChI is InChI=1S/C10H22N.C2H4O2/c1-3-4-8-11(2)9-6-5-7-10-11;1-2(3)4/h3-10H2,1-2H3;1H3,(H,3,4)/q+1;/p-1. The van der Waals surface area contributed by atoms with Crippen molar-refractivity contribution >= 4 is 5.97 Å². The van der Waals surface area contributed by atoms with E-state index in [2.05, 4.69) is 14.0 Å². The molecule has 90 valence electrons. The maximum Gasteiger partial charge on any atom is 0.0784 e. The first kappa shape index (κ1) is 14.4. The third-order valence-electron chi connectivity index (χ3n) is 2.95. The highest BCUT2D eigenvalue weighted by atomic mass is 16.4. The largest absolute Gasteiger partial charge is 0.550 e. The van der Waals surface area contributed by atoms with E-state index in [0.717, 1.165) is 6.92 Å². The molecule has 0 radical (unpaired) electrons. The summed E-state index contributed by atoms with van der Waals surface area (Å²) in [6.07, 6.45) is 7.16. The normalized spacial score (nSPS) is 18.9. The Kier molecular flexibility index (Phi) is 7.39. The van der Waals surface area contributed by atoms with Crippen LogP contribution in [0.2, 0.25) is 0 Å². The highest BCUT2D eigenvalue weighted by Crippen LogP contribution is 2.16. The van der Waals surface area contributed by atoms with E-state index in [0.29, 0.717) is 0 Å². The van der Waals surface area contributed by atoms with Gasteiger partial charge in [0.15, 0.2) is 0 Å². The molecule has 0 atom stereocenters. The minimum Gasteiger partial charge on any atom is -0.550 e. The van der Waals surface area contributed by atoms with Gasteiger partial charge in [0.2, 0.25) is 0 Å². The van der Waals surface area contributed by atoms with Crippen LogP contribution >= 0.6 is 0 Å². The van der Waals surface area contributed by atoms with Crippen molar-refractivity contribution < 1.29 is 14.4 Å². The van der Waals surface area contributed by atoms with Gasteiger partial charge in [-0.05, 0) is 32.6 Å². The molecule has 1 fully saturated rings. The highest BCUT2D eigenvalue weighted by molar-refractivity contribution is 5.60. The third kappa shape index (κ3) is 8.43. The Bertz CT molecular complexity index is 170. The van der Waals surface area contributed by atoms with Crippen LogP contribution in [0.15, 0.2) is 0 Å². The molecule has 1 aliphatic rings. The van der Waals surface area contributed by atoms with Crippen LogP contribution in [-0.4, -0.2) is 37.1 Å². The molecule has 0 aliphatic carbocycles. The smallest absolute Gasteiger partial charge is 0.0784 e. The van der Waals surface area contributed by atoms with Crippen LogP contribution in [0.25, 0.3) is 0 Å². The third-order valence-corrected chi connectivity index (χ3v) is 2.95. The molecule has 1 saturated heterocycles. The van der Waals surface area contributed by atoms with Crippen molar-refractivity contribution in [1.29, 1.82) is 0 Å². The summed E-state index contributed by atoms with van der Waals surface area (Å²) in [7, 11) is 2.43. The monoisotopic (exact) mass is 215 g/mol. The number of carbonyl (C=O) groups excluding carboxylic acids is 1. The molecule has 15 heavy (non-hydrogen) atoms. The zero-order chi connectivity index (χ0) is 11.7. The minimum absolute atomic E-state index is 0.972. The van der Waals surface area contributed by atoms with Crippen LogP contribution in [0, 0.1) is 0 Å². The average molecular weight is 215 g/mol. The lowest BCUT2D eigenvalue weighted by Crippen LogP contribution is -2.48. The first-order valence-electron chi connectivity index (χ1n) is 6.01. The maximum atomic E-state index is 8.89. The lowest BCUT2D eigenvalue weighted by molar-refractivity contribution is -0.914. The topological polar surface area (TPSA) is 40.1 Å². The fourth-order valence-corrected chi connectivity index (χ4v) is 2.04. The van der Waals surface area contributed by atoms with E-state index in [9.17, 15) is 0 Å². The van der Waals surface area contributed by atoms with Gasteiger partial charge >= 0.3 is 0 Å². The van der Waals surface area contributed by atoms with Gasteiger partial charge in [0.05, 0.1) is 26.7 Å². The molecule has 0 aromatic heterocycles. The molecule has 1 rings (SSSR count). The van der Waals surface area contributed by atoms with Crippen LogP contribution in [0.5, 0.6) is 0 Å². The van der Waals surface area contributed by atoms with E-state index in [1.807, 2.05) is 0 Å². The van der Waals surface area contributed by atoms with Crippen LogP contribution in [-0.2, 0) is 4.79 Å². The molecule has 0 saturated carbocycles. The van der Waals surface area contributed by atoms with Crippen molar-refractivity contribution in [2.75, 3.05) is 26.7 Å². The van der Waals surface area contributed by atoms with Crippen molar-refractivity contribution in [3.8, 4) is 0 Å². The predicted octanol–water partition coefficient (Wildman–Crippen LogP) is 1.17. The number of nitrogens with zero attached hydrogens (tertiary/aromatic N) is 1. The van der Waals surface area contributed by atoms with Gasteiger partial charge in [0, 0.05) is 5.97 Å². The highest BCUT2D eigenvalue weighted by Gasteiger charge is 2.23. The Hall–Kier alpha value is -0.570. The second-order valence-electron chi connectivity index (χ2n) is 4.70. The number of likely N-dealkylation sites (tertiary alicyclic amines) is 1. The summed E-state index contributed by atoms with van der Waals surface area (Å²) in [6.45, 7) is 7.53. The summed E-state index contributed by atoms with van der Waals surface area (Å²) in [5.41, 5.74) is 0. The number of rotatable bonds is 3. The van der Waals surface area contributed by atoms with E-state index >= 15 is 0 Å². The molecule has 3 heteroatoms. The van der Waals surface area contributed by atoms with Gasteiger partial charge in [-0.1, -0.05) is 13.3 Å². The Morgan fingerprint density at radius 2 is 1.73 bits per heavy atom. The van der Waals surface area contributed by atoms with Gasteiger partial charge < -0.3 is 14.4 Å². The summed E-state index contributed by atoms with van der Waals surface area (Å²) in [4.78, 5) is 8.89. The number of carboxylic acid groups (broad SMARTS) is 1. The summed E-state index contributed by atoms with van der Waals surface area (Å²) in [5, 5.41) is 8.89. The first-order valence-corrected chi connectivity index (χ1v) is 6.01. The number of hydrogen-bond acceptors (Lipinski definition) is 2. The molecule has 3 nitrogen and oxygen atoms in total. The second-order valence-corrected chi connectivity index (χ2v) is 4.70. The van der Waals surface area contributed by atoms with E-state index in [1.165, 1.54) is 56.2 Å². The van der Waals surface area contributed by atoms with Gasteiger partial charge in [0.25, 0.3) is 0 Å². The number of carbonyl (C=O) groups is 1. The Morgan fingerprint density at radius 1 is 1.27 bits per heavy atom. The Morgan fingerprint density at radius 3 is 2.13 bits per heavy atom. The zero-order valence-electron chi connectivity index (χ0n) is 10.4. The van der Waals surface area contributed by atoms with Gasteiger partial charge in [0.1, 0.15) is 0 Å². The molecular formula is C12H25NO2. The van der Waals surface area contributed by atoms with Crippen LogP contribution in [0.3, 0.4) is 0 Å². The van der Waals surface area contributed by atoms with Crippen LogP contribution in [0.1, 0.15) is 46.0 Å². The number of unbranched alkanes of at least 4 members (excludes halogenated alkanes) is 1. The van der Waals surface area contributed by atoms with E-state index in [-0.39, 0.29) is 0 Å². The fraction of sp³-hybridized carbons (Fsp3) is 0.917.